The first-order valence-electron chi connectivity index (χ1n) is 6.52. The molecule has 2 aromatic rings. The summed E-state index contributed by atoms with van der Waals surface area (Å²) in [7, 11) is 0. The fourth-order valence-corrected chi connectivity index (χ4v) is 1.97. The van der Waals surface area contributed by atoms with Crippen molar-refractivity contribution in [3.05, 3.63) is 63.9 Å². The predicted molar refractivity (Wildman–Crippen MR) is 79.0 cm³/mol. The van der Waals surface area contributed by atoms with Crippen LogP contribution in [0.25, 0.3) is 0 Å². The van der Waals surface area contributed by atoms with Crippen molar-refractivity contribution in [2.45, 2.75) is 12.5 Å². The molecule has 0 bridgehead atoms. The van der Waals surface area contributed by atoms with E-state index in [1.165, 1.54) is 18.3 Å². The van der Waals surface area contributed by atoms with Crippen LogP contribution in [0, 0.1) is 10.1 Å². The van der Waals surface area contributed by atoms with Crippen molar-refractivity contribution in [3.8, 4) is 0 Å². The summed E-state index contributed by atoms with van der Waals surface area (Å²) in [6.45, 7) is 0. The van der Waals surface area contributed by atoms with Gasteiger partial charge in [0, 0.05) is 6.42 Å². The highest BCUT2D eigenvalue weighted by Crippen LogP contribution is 2.27. The van der Waals surface area contributed by atoms with Gasteiger partial charge in [0.2, 0.25) is 0 Å². The summed E-state index contributed by atoms with van der Waals surface area (Å²) in [6, 6.07) is 12.5. The Morgan fingerprint density at radius 3 is 2.82 bits per heavy atom. The molecular weight excluding hydrogens is 286 g/mol. The quantitative estimate of drug-likeness (QED) is 0.489. The normalized spacial score (nSPS) is 19.3. The second kappa shape index (κ2) is 6.08. The van der Waals surface area contributed by atoms with E-state index in [4.69, 9.17) is 4.42 Å². The number of benzene rings is 1. The fourth-order valence-electron chi connectivity index (χ4n) is 1.97. The highest BCUT2D eigenvalue weighted by molar-refractivity contribution is 5.85. The van der Waals surface area contributed by atoms with Crippen molar-refractivity contribution >= 4 is 17.9 Å². The molecule has 8 heteroatoms. The van der Waals surface area contributed by atoms with Gasteiger partial charge in [-0.05, 0) is 11.6 Å². The van der Waals surface area contributed by atoms with E-state index in [9.17, 15) is 10.1 Å². The molecule has 0 saturated heterocycles. The van der Waals surface area contributed by atoms with Crippen molar-refractivity contribution in [1.82, 2.24) is 0 Å². The Morgan fingerprint density at radius 2 is 2.09 bits per heavy atom. The zero-order chi connectivity index (χ0) is 15.4. The Balaban J connectivity index is 1.63. The molecule has 0 unspecified atom stereocenters. The molecule has 0 N–H and O–H groups in total. The lowest BCUT2D eigenvalue weighted by Crippen LogP contribution is -1.95. The summed E-state index contributed by atoms with van der Waals surface area (Å²) in [5, 5.41) is 26.4. The van der Waals surface area contributed by atoms with Gasteiger partial charge < -0.3 is 4.42 Å². The Bertz CT molecular complexity index is 764. The van der Waals surface area contributed by atoms with Crippen LogP contribution in [0.3, 0.4) is 0 Å². The molecule has 3 rings (SSSR count). The number of rotatable bonds is 4. The molecule has 8 nitrogen and oxygen atoms in total. The molecule has 0 spiro atoms. The third kappa shape index (κ3) is 3.11. The lowest BCUT2D eigenvalue weighted by atomic mass is 10.1. The first-order chi connectivity index (χ1) is 10.7. The molecule has 1 atom stereocenters. The average Bonchev–Trinajstić information content (AvgIpc) is 3.18. The van der Waals surface area contributed by atoms with E-state index in [0.29, 0.717) is 12.3 Å². The number of hydrogen-bond donors (Lipinski definition) is 0. The summed E-state index contributed by atoms with van der Waals surface area (Å²) in [6.07, 6.45) is 1.87. The summed E-state index contributed by atoms with van der Waals surface area (Å²) in [4.78, 5) is 9.87. The Morgan fingerprint density at radius 1 is 1.27 bits per heavy atom. The number of furan rings is 1. The highest BCUT2D eigenvalue weighted by Gasteiger charge is 2.19. The van der Waals surface area contributed by atoms with Crippen LogP contribution < -0.4 is 0 Å². The van der Waals surface area contributed by atoms with Crippen molar-refractivity contribution in [2.75, 3.05) is 0 Å². The molecule has 0 aliphatic carbocycles. The summed E-state index contributed by atoms with van der Waals surface area (Å²) >= 11 is 0. The minimum Gasteiger partial charge on any atom is -0.400 e. The summed E-state index contributed by atoms with van der Waals surface area (Å²) in [5.74, 6) is 0.426. The summed E-state index contributed by atoms with van der Waals surface area (Å²) < 4.78 is 4.93. The lowest BCUT2D eigenvalue weighted by molar-refractivity contribution is -0.402. The molecule has 1 aromatic heterocycles. The maximum atomic E-state index is 10.5. The molecule has 1 aliphatic rings. The van der Waals surface area contributed by atoms with Crippen LogP contribution in [-0.2, 0) is 0 Å². The van der Waals surface area contributed by atoms with Crippen LogP contribution >= 0.6 is 0 Å². The fraction of sp³-hybridized carbons (Fsp3) is 0.143. The molecule has 1 aromatic carbocycles. The number of nitrogens with zero attached hydrogens (tertiary/aromatic N) is 5. The maximum Gasteiger partial charge on any atom is 0.433 e. The number of hydrogen-bond acceptors (Lipinski definition) is 6. The highest BCUT2D eigenvalue weighted by atomic mass is 16.6. The van der Waals surface area contributed by atoms with Crippen LogP contribution in [-0.4, -0.2) is 17.0 Å². The smallest absolute Gasteiger partial charge is 0.400 e. The van der Waals surface area contributed by atoms with Crippen LogP contribution in [0.15, 0.2) is 67.3 Å². The van der Waals surface area contributed by atoms with Gasteiger partial charge in [-0.15, -0.1) is 10.2 Å². The molecule has 22 heavy (non-hydrogen) atoms. The Kier molecular flexibility index (Phi) is 3.82. The first-order valence-corrected chi connectivity index (χ1v) is 6.52. The van der Waals surface area contributed by atoms with Gasteiger partial charge in [0.05, 0.1) is 12.3 Å². The molecule has 1 aliphatic heterocycles. The van der Waals surface area contributed by atoms with E-state index in [-0.39, 0.29) is 17.7 Å². The molecule has 0 fully saturated rings. The topological polar surface area (TPSA) is 106 Å². The second-order valence-electron chi connectivity index (χ2n) is 4.54. The largest absolute Gasteiger partial charge is 0.433 e. The van der Waals surface area contributed by atoms with Crippen LogP contribution in [0.1, 0.15) is 23.8 Å². The van der Waals surface area contributed by atoms with E-state index < -0.39 is 4.92 Å². The zero-order valence-corrected chi connectivity index (χ0v) is 11.4. The van der Waals surface area contributed by atoms with Gasteiger partial charge in [-0.1, -0.05) is 30.3 Å². The van der Waals surface area contributed by atoms with Gasteiger partial charge in [-0.3, -0.25) is 10.1 Å². The number of azo groups is 1. The molecule has 110 valence electrons. The number of nitro groups is 1. The van der Waals surface area contributed by atoms with Gasteiger partial charge in [-0.2, -0.15) is 10.2 Å². The maximum absolute atomic E-state index is 10.5. The predicted octanol–water partition coefficient (Wildman–Crippen LogP) is 3.52. The van der Waals surface area contributed by atoms with E-state index in [0.717, 1.165) is 5.56 Å². The third-order valence-electron chi connectivity index (χ3n) is 3.02. The Hall–Kier alpha value is -3.16. The van der Waals surface area contributed by atoms with Gasteiger partial charge in [-0.25, -0.2) is 0 Å². The van der Waals surface area contributed by atoms with Crippen molar-refractivity contribution < 1.29 is 9.34 Å². The Labute approximate surface area is 125 Å². The molecule has 0 amide bonds. The zero-order valence-electron chi connectivity index (χ0n) is 11.4. The van der Waals surface area contributed by atoms with Crippen LogP contribution in [0.2, 0.25) is 0 Å². The minimum absolute atomic E-state index is 0.0418. The minimum atomic E-state index is -0.612. The van der Waals surface area contributed by atoms with Gasteiger partial charge in [0.25, 0.3) is 0 Å². The number of amidine groups is 1. The SMILES string of the molecule is O=[N+]([O-])c1ccc(/C=N\N=C2\C[C@H](c3ccccc3)N=N2)o1. The van der Waals surface area contributed by atoms with Crippen molar-refractivity contribution in [2.24, 2.45) is 20.4 Å². The monoisotopic (exact) mass is 297 g/mol. The molecule has 0 radical (unpaired) electrons. The average molecular weight is 297 g/mol. The van der Waals surface area contributed by atoms with E-state index in [1.807, 2.05) is 30.3 Å². The van der Waals surface area contributed by atoms with Gasteiger partial charge in [0.15, 0.2) is 11.6 Å². The second-order valence-corrected chi connectivity index (χ2v) is 4.54. The van der Waals surface area contributed by atoms with Gasteiger partial charge in [0.1, 0.15) is 11.0 Å². The lowest BCUT2D eigenvalue weighted by Gasteiger charge is -2.02. The third-order valence-corrected chi connectivity index (χ3v) is 3.02. The van der Waals surface area contributed by atoms with E-state index in [1.54, 1.807) is 0 Å². The first kappa shape index (κ1) is 13.8. The van der Waals surface area contributed by atoms with E-state index in [2.05, 4.69) is 20.4 Å². The van der Waals surface area contributed by atoms with Crippen LogP contribution in [0.5, 0.6) is 0 Å². The molecule has 2 heterocycles. The summed E-state index contributed by atoms with van der Waals surface area (Å²) in [5.41, 5.74) is 1.07. The van der Waals surface area contributed by atoms with Gasteiger partial charge >= 0.3 is 5.88 Å². The standard InChI is InChI=1S/C14H11N5O3/c20-19(21)14-7-6-11(22-14)9-15-17-13-8-12(16-18-13)10-4-2-1-3-5-10/h1-7,9,12H,8H2/b15-9-,17-13-/t12-/m1/s1. The van der Waals surface area contributed by atoms with Crippen molar-refractivity contribution in [1.29, 1.82) is 0 Å². The molecule has 0 saturated carbocycles. The molecular formula is C14H11N5O3. The van der Waals surface area contributed by atoms with Crippen molar-refractivity contribution in [3.63, 3.8) is 0 Å². The van der Waals surface area contributed by atoms with Crippen LogP contribution in [0.4, 0.5) is 5.88 Å². The van der Waals surface area contributed by atoms with E-state index >= 15 is 0 Å².